The van der Waals surface area contributed by atoms with Gasteiger partial charge in [-0.1, -0.05) is 35.9 Å². The molecule has 2 aromatic rings. The average molecular weight is 419 g/mol. The lowest BCUT2D eigenvalue weighted by molar-refractivity contribution is 0.0993. The van der Waals surface area contributed by atoms with Crippen molar-refractivity contribution in [3.8, 4) is 5.69 Å². The maximum absolute atomic E-state index is 12.2. The molecule has 9 nitrogen and oxygen atoms in total. The summed E-state index contributed by atoms with van der Waals surface area (Å²) in [6.45, 7) is 0.847. The SMILES string of the molecule is O=NC(=O)c1nn(-c2ccccc2N2CCCC2CC2=CCCC=C2)cc(N=O)c1=O. The molecule has 0 saturated carbocycles. The molecule has 2 heterocycles. The van der Waals surface area contributed by atoms with Gasteiger partial charge in [0.05, 0.1) is 17.6 Å². The van der Waals surface area contributed by atoms with Crippen molar-refractivity contribution in [2.45, 2.75) is 38.1 Å². The molecule has 158 valence electrons. The Morgan fingerprint density at radius 3 is 2.68 bits per heavy atom. The number of carbonyl (C=O) groups is 1. The molecule has 4 rings (SSSR count). The van der Waals surface area contributed by atoms with Crippen molar-refractivity contribution in [3.63, 3.8) is 0 Å². The van der Waals surface area contributed by atoms with Gasteiger partial charge in [0.25, 0.3) is 0 Å². The average Bonchev–Trinajstić information content (AvgIpc) is 3.27. The molecule has 0 N–H and O–H groups in total. The van der Waals surface area contributed by atoms with E-state index in [2.05, 4.69) is 38.6 Å². The number of para-hydroxylation sites is 2. The van der Waals surface area contributed by atoms with Gasteiger partial charge in [0.2, 0.25) is 11.1 Å². The number of amides is 1. The van der Waals surface area contributed by atoms with Crippen LogP contribution >= 0.6 is 0 Å². The van der Waals surface area contributed by atoms with E-state index >= 15 is 0 Å². The number of benzene rings is 1. The zero-order valence-electron chi connectivity index (χ0n) is 16.8. The molecule has 0 spiro atoms. The second kappa shape index (κ2) is 8.95. The number of nitrogens with zero attached hydrogens (tertiary/aromatic N) is 5. The normalized spacial score (nSPS) is 18.0. The Bertz CT molecular complexity index is 1150. The van der Waals surface area contributed by atoms with Crippen LogP contribution in [0.5, 0.6) is 0 Å². The quantitative estimate of drug-likeness (QED) is 0.649. The molecule has 2 aliphatic rings. The molecule has 1 atom stereocenters. The van der Waals surface area contributed by atoms with E-state index in [0.717, 1.165) is 44.3 Å². The van der Waals surface area contributed by atoms with E-state index in [1.165, 1.54) is 16.5 Å². The maximum Gasteiger partial charge on any atom is 0.340 e. The predicted octanol–water partition coefficient (Wildman–Crippen LogP) is 4.17. The number of nitroso groups, excluding NO2 is 2. The number of rotatable bonds is 6. The van der Waals surface area contributed by atoms with Crippen molar-refractivity contribution in [2.75, 3.05) is 11.4 Å². The minimum Gasteiger partial charge on any atom is -0.366 e. The number of allylic oxidation sites excluding steroid dienone is 3. The van der Waals surface area contributed by atoms with E-state index in [1.54, 1.807) is 12.1 Å². The second-order valence-corrected chi connectivity index (χ2v) is 7.57. The Balaban J connectivity index is 1.75. The number of anilines is 1. The third-order valence-corrected chi connectivity index (χ3v) is 5.64. The molecule has 0 radical (unpaired) electrons. The topological polar surface area (TPSA) is 114 Å². The summed E-state index contributed by atoms with van der Waals surface area (Å²) >= 11 is 0. The Hall–Kier alpha value is -3.75. The van der Waals surface area contributed by atoms with Crippen LogP contribution in [0.25, 0.3) is 5.69 Å². The van der Waals surface area contributed by atoms with Gasteiger partial charge in [0, 0.05) is 17.8 Å². The molecule has 9 heteroatoms. The molecule has 1 aromatic carbocycles. The number of carbonyl (C=O) groups excluding carboxylic acids is 1. The molecule has 1 saturated heterocycles. The van der Waals surface area contributed by atoms with E-state index in [9.17, 15) is 19.4 Å². The first kappa shape index (κ1) is 20.5. The Kier molecular flexibility index (Phi) is 5.92. The van der Waals surface area contributed by atoms with Crippen molar-refractivity contribution < 1.29 is 4.79 Å². The third-order valence-electron chi connectivity index (χ3n) is 5.64. The third kappa shape index (κ3) is 4.11. The molecule has 31 heavy (non-hydrogen) atoms. The highest BCUT2D eigenvalue weighted by Gasteiger charge is 2.28. The van der Waals surface area contributed by atoms with Crippen LogP contribution in [0.1, 0.15) is 42.6 Å². The fraction of sp³-hybridized carbons (Fsp3) is 0.318. The highest BCUT2D eigenvalue weighted by Crippen LogP contribution is 2.34. The van der Waals surface area contributed by atoms with Gasteiger partial charge in [-0.05, 0) is 49.4 Å². The van der Waals surface area contributed by atoms with E-state index in [0.29, 0.717) is 5.69 Å². The molecule has 1 unspecified atom stereocenters. The molecule has 1 aliphatic heterocycles. The summed E-state index contributed by atoms with van der Waals surface area (Å²) in [5.74, 6) is -1.34. The van der Waals surface area contributed by atoms with Gasteiger partial charge in [0.15, 0.2) is 5.69 Å². The molecular weight excluding hydrogens is 398 g/mol. The van der Waals surface area contributed by atoms with Crippen LogP contribution in [0.3, 0.4) is 0 Å². The van der Waals surface area contributed by atoms with E-state index in [-0.39, 0.29) is 6.04 Å². The summed E-state index contributed by atoms with van der Waals surface area (Å²) in [6.07, 6.45) is 12.9. The van der Waals surface area contributed by atoms with Crippen LogP contribution in [0.2, 0.25) is 0 Å². The molecule has 1 aliphatic carbocycles. The van der Waals surface area contributed by atoms with Gasteiger partial charge >= 0.3 is 5.91 Å². The minimum absolute atomic E-state index is 0.288. The fourth-order valence-electron chi connectivity index (χ4n) is 4.21. The molecular formula is C22H21N5O4. The van der Waals surface area contributed by atoms with Crippen LogP contribution in [0, 0.1) is 9.81 Å². The Morgan fingerprint density at radius 2 is 1.97 bits per heavy atom. The first-order valence-corrected chi connectivity index (χ1v) is 10.2. The highest BCUT2D eigenvalue weighted by atomic mass is 16.3. The Morgan fingerprint density at radius 1 is 1.16 bits per heavy atom. The van der Waals surface area contributed by atoms with Gasteiger partial charge in [-0.2, -0.15) is 5.10 Å². The summed E-state index contributed by atoms with van der Waals surface area (Å²) in [6, 6.07) is 7.69. The molecule has 1 aromatic heterocycles. The number of hydrogen-bond acceptors (Lipinski definition) is 7. The van der Waals surface area contributed by atoms with Crippen LogP contribution in [-0.4, -0.2) is 28.3 Å². The van der Waals surface area contributed by atoms with Crippen LogP contribution in [0.15, 0.2) is 69.4 Å². The van der Waals surface area contributed by atoms with Crippen LogP contribution < -0.4 is 10.3 Å². The van der Waals surface area contributed by atoms with Crippen molar-refractivity contribution in [1.29, 1.82) is 0 Å². The first-order chi connectivity index (χ1) is 15.1. The standard InChI is InChI=1S/C22H21N5O4/c28-21-17(24-30)14-27(23-20(21)22(29)25-31)19-11-5-4-10-18(19)26-12-6-9-16(26)13-15-7-2-1-3-8-15/h2,4-5,7-8,10-11,14,16H,1,3,6,9,12-13H2. The zero-order chi connectivity index (χ0) is 21.8. The summed E-state index contributed by atoms with van der Waals surface area (Å²) in [5, 5.41) is 8.99. The minimum atomic E-state index is -1.34. The van der Waals surface area contributed by atoms with Crippen molar-refractivity contribution in [3.05, 3.63) is 80.0 Å². The first-order valence-electron chi connectivity index (χ1n) is 10.2. The summed E-state index contributed by atoms with van der Waals surface area (Å²) < 4.78 is 1.25. The van der Waals surface area contributed by atoms with Gasteiger partial charge in [-0.3, -0.25) is 9.59 Å². The van der Waals surface area contributed by atoms with E-state index < -0.39 is 22.7 Å². The van der Waals surface area contributed by atoms with E-state index in [4.69, 9.17) is 0 Å². The van der Waals surface area contributed by atoms with E-state index in [1.807, 2.05) is 12.1 Å². The number of aromatic nitrogens is 2. The monoisotopic (exact) mass is 419 g/mol. The fourth-order valence-corrected chi connectivity index (χ4v) is 4.21. The largest absolute Gasteiger partial charge is 0.366 e. The van der Waals surface area contributed by atoms with Gasteiger partial charge in [-0.25, -0.2) is 4.68 Å². The zero-order valence-corrected chi connectivity index (χ0v) is 16.8. The lowest BCUT2D eigenvalue weighted by atomic mass is 9.98. The van der Waals surface area contributed by atoms with Gasteiger partial charge < -0.3 is 4.90 Å². The number of hydrogen-bond donors (Lipinski definition) is 0. The molecule has 1 fully saturated rings. The maximum atomic E-state index is 12.2. The molecule has 1 amide bonds. The van der Waals surface area contributed by atoms with Crippen LogP contribution in [0.4, 0.5) is 11.4 Å². The highest BCUT2D eigenvalue weighted by molar-refractivity contribution is 5.93. The Labute approximate surface area is 178 Å². The lowest BCUT2D eigenvalue weighted by Gasteiger charge is -2.29. The molecule has 0 bridgehead atoms. The lowest BCUT2D eigenvalue weighted by Crippen LogP contribution is -2.31. The van der Waals surface area contributed by atoms with Crippen molar-refractivity contribution >= 4 is 17.3 Å². The summed E-state index contributed by atoms with van der Waals surface area (Å²) in [5.41, 5.74) is 0.510. The van der Waals surface area contributed by atoms with Crippen molar-refractivity contribution in [1.82, 2.24) is 9.78 Å². The smallest absolute Gasteiger partial charge is 0.340 e. The van der Waals surface area contributed by atoms with Crippen molar-refractivity contribution in [2.24, 2.45) is 10.4 Å². The van der Waals surface area contributed by atoms with Gasteiger partial charge in [-0.15, -0.1) is 9.81 Å². The second-order valence-electron chi connectivity index (χ2n) is 7.57. The van der Waals surface area contributed by atoms with Crippen LogP contribution in [-0.2, 0) is 0 Å². The summed E-state index contributed by atoms with van der Waals surface area (Å²) in [7, 11) is 0. The predicted molar refractivity (Wildman–Crippen MR) is 117 cm³/mol. The van der Waals surface area contributed by atoms with Gasteiger partial charge in [0.1, 0.15) is 0 Å². The summed E-state index contributed by atoms with van der Waals surface area (Å²) in [4.78, 5) is 48.1.